The van der Waals surface area contributed by atoms with Crippen molar-refractivity contribution in [3.63, 3.8) is 0 Å². The molecule has 0 saturated carbocycles. The van der Waals surface area contributed by atoms with Crippen LogP contribution in [0.2, 0.25) is 0 Å². The van der Waals surface area contributed by atoms with Gasteiger partial charge >= 0.3 is 17.9 Å². The van der Waals surface area contributed by atoms with Gasteiger partial charge in [-0.3, -0.25) is 9.59 Å². The first-order valence-electron chi connectivity index (χ1n) is 13.7. The van der Waals surface area contributed by atoms with E-state index in [4.69, 9.17) is 52.5 Å². The summed E-state index contributed by atoms with van der Waals surface area (Å²) in [6.07, 6.45) is -0.666. The first kappa shape index (κ1) is 39.7. The molecule has 0 aromatic carbocycles. The normalized spacial score (nSPS) is 11.0. The molecule has 1 N–H and O–H groups in total. The number of carboxylic acid groups (broad SMARTS) is 1. The maximum absolute atomic E-state index is 11.3. The SMILES string of the molecule is COC(=O)COCCOCCOCCOCCOCCOCCOCCOCCOCCOC(=O)CCC(=O)C(=O)O. The molecule has 0 spiro atoms. The monoisotopic (exact) mass is 614 g/mol. The van der Waals surface area contributed by atoms with E-state index in [1.165, 1.54) is 7.11 Å². The smallest absolute Gasteiger partial charge is 0.372 e. The number of carbonyl (C=O) groups is 4. The van der Waals surface area contributed by atoms with Crippen molar-refractivity contribution < 1.29 is 76.4 Å². The molecule has 0 bridgehead atoms. The van der Waals surface area contributed by atoms with Crippen molar-refractivity contribution in [1.29, 1.82) is 0 Å². The van der Waals surface area contributed by atoms with E-state index in [2.05, 4.69) is 4.74 Å². The fourth-order valence-electron chi connectivity index (χ4n) is 2.58. The number of carbonyl (C=O) groups excluding carboxylic acids is 3. The highest BCUT2D eigenvalue weighted by Gasteiger charge is 2.14. The zero-order valence-electron chi connectivity index (χ0n) is 24.4. The molecule has 0 aliphatic rings. The summed E-state index contributed by atoms with van der Waals surface area (Å²) in [5.74, 6) is -3.67. The van der Waals surface area contributed by atoms with Gasteiger partial charge in [-0.2, -0.15) is 0 Å². The van der Waals surface area contributed by atoms with Crippen LogP contribution in [0.25, 0.3) is 0 Å². The molecule has 42 heavy (non-hydrogen) atoms. The lowest BCUT2D eigenvalue weighted by Crippen LogP contribution is -2.17. The molecule has 0 amide bonds. The fourth-order valence-corrected chi connectivity index (χ4v) is 2.58. The van der Waals surface area contributed by atoms with Gasteiger partial charge in [0.05, 0.1) is 126 Å². The van der Waals surface area contributed by atoms with Gasteiger partial charge in [0.25, 0.3) is 0 Å². The number of hydrogen-bond donors (Lipinski definition) is 1. The van der Waals surface area contributed by atoms with Crippen LogP contribution in [0.5, 0.6) is 0 Å². The number of aliphatic carboxylic acids is 1. The Kier molecular flexibility index (Phi) is 29.9. The average Bonchev–Trinajstić information content (AvgIpc) is 2.98. The summed E-state index contributed by atoms with van der Waals surface area (Å²) in [4.78, 5) is 43.4. The van der Waals surface area contributed by atoms with Gasteiger partial charge in [0.15, 0.2) is 0 Å². The first-order valence-corrected chi connectivity index (χ1v) is 13.7. The van der Waals surface area contributed by atoms with Gasteiger partial charge in [0.1, 0.15) is 13.2 Å². The minimum atomic E-state index is -1.57. The van der Waals surface area contributed by atoms with Crippen molar-refractivity contribution >= 4 is 23.7 Å². The molecule has 16 nitrogen and oxygen atoms in total. The van der Waals surface area contributed by atoms with E-state index in [0.717, 1.165) is 0 Å². The van der Waals surface area contributed by atoms with Crippen molar-refractivity contribution in [1.82, 2.24) is 0 Å². The summed E-state index contributed by atoms with van der Waals surface area (Å²) < 4.78 is 57.2. The third-order valence-electron chi connectivity index (χ3n) is 4.71. The Hall–Kier alpha value is -2.28. The lowest BCUT2D eigenvalue weighted by Gasteiger charge is -2.09. The summed E-state index contributed by atoms with van der Waals surface area (Å²) >= 11 is 0. The van der Waals surface area contributed by atoms with Crippen LogP contribution in [0.15, 0.2) is 0 Å². The Balaban J connectivity index is 3.14. The van der Waals surface area contributed by atoms with Crippen LogP contribution in [0.4, 0.5) is 0 Å². The summed E-state index contributed by atoms with van der Waals surface area (Å²) in [5.41, 5.74) is 0. The topological polar surface area (TPSA) is 190 Å². The van der Waals surface area contributed by atoms with Gasteiger partial charge in [-0.1, -0.05) is 0 Å². The fraction of sp³-hybridized carbons (Fsp3) is 0.846. The molecule has 246 valence electrons. The first-order chi connectivity index (χ1) is 20.5. The van der Waals surface area contributed by atoms with Crippen molar-refractivity contribution in [2.45, 2.75) is 12.8 Å². The maximum atomic E-state index is 11.3. The lowest BCUT2D eigenvalue weighted by molar-refractivity contribution is -0.151. The van der Waals surface area contributed by atoms with E-state index in [0.29, 0.717) is 106 Å². The number of Topliss-reactive ketones (excluding diaryl/α,β-unsaturated/α-hetero) is 1. The van der Waals surface area contributed by atoms with Crippen LogP contribution < -0.4 is 0 Å². The van der Waals surface area contributed by atoms with E-state index in [-0.39, 0.29) is 32.7 Å². The second-order valence-electron chi connectivity index (χ2n) is 7.98. The molecular weight excluding hydrogens is 568 g/mol. The number of ether oxygens (including phenoxy) is 11. The van der Waals surface area contributed by atoms with Gasteiger partial charge in [-0.05, 0) is 0 Å². The number of methoxy groups -OCH3 is 1. The quantitative estimate of drug-likeness (QED) is 0.0553. The van der Waals surface area contributed by atoms with E-state index >= 15 is 0 Å². The third-order valence-corrected chi connectivity index (χ3v) is 4.71. The van der Waals surface area contributed by atoms with Crippen LogP contribution >= 0.6 is 0 Å². The van der Waals surface area contributed by atoms with Crippen molar-refractivity contribution in [3.8, 4) is 0 Å². The zero-order valence-corrected chi connectivity index (χ0v) is 24.4. The van der Waals surface area contributed by atoms with E-state index in [9.17, 15) is 19.2 Å². The second kappa shape index (κ2) is 31.7. The van der Waals surface area contributed by atoms with Crippen LogP contribution in [0.3, 0.4) is 0 Å². The Morgan fingerprint density at radius 3 is 1.05 bits per heavy atom. The van der Waals surface area contributed by atoms with Crippen LogP contribution in [-0.2, 0) is 71.3 Å². The van der Waals surface area contributed by atoms with E-state index in [1.807, 2.05) is 0 Å². The maximum Gasteiger partial charge on any atom is 0.372 e. The molecule has 0 atom stereocenters. The highest BCUT2D eigenvalue weighted by molar-refractivity contribution is 6.32. The van der Waals surface area contributed by atoms with Gasteiger partial charge < -0.3 is 57.2 Å². The Morgan fingerprint density at radius 1 is 0.429 bits per heavy atom. The minimum absolute atomic E-state index is 0.00998. The van der Waals surface area contributed by atoms with Gasteiger partial charge in [0, 0.05) is 6.42 Å². The molecule has 0 heterocycles. The largest absolute Gasteiger partial charge is 0.476 e. The third kappa shape index (κ3) is 30.7. The molecule has 0 aromatic heterocycles. The molecule has 0 saturated heterocycles. The number of esters is 2. The van der Waals surface area contributed by atoms with Crippen LogP contribution in [-0.4, -0.2) is 161 Å². The summed E-state index contributed by atoms with van der Waals surface area (Å²) in [6.45, 7) is 6.70. The standard InChI is InChI=1S/C26H46O16/c1-32-25(29)22-41-19-18-39-15-14-37-11-10-35-7-6-33-4-5-34-8-9-36-12-13-38-16-17-40-20-21-42-24(28)3-2-23(27)26(30)31/h2-22H2,1H3,(H,30,31). The van der Waals surface area contributed by atoms with Gasteiger partial charge in [-0.15, -0.1) is 0 Å². The second-order valence-corrected chi connectivity index (χ2v) is 7.98. The van der Waals surface area contributed by atoms with Crippen molar-refractivity contribution in [2.24, 2.45) is 0 Å². The summed E-state index contributed by atoms with van der Waals surface area (Å²) in [6, 6.07) is 0. The highest BCUT2D eigenvalue weighted by atomic mass is 16.6. The summed E-state index contributed by atoms with van der Waals surface area (Å²) in [5, 5.41) is 8.42. The predicted octanol–water partition coefficient (Wildman–Crippen LogP) is -0.714. The molecular formula is C26H46O16. The number of hydrogen-bond acceptors (Lipinski definition) is 15. The highest BCUT2D eigenvalue weighted by Crippen LogP contribution is 1.95. The minimum Gasteiger partial charge on any atom is -0.476 e. The Morgan fingerprint density at radius 2 is 0.738 bits per heavy atom. The predicted molar refractivity (Wildman–Crippen MR) is 142 cm³/mol. The Labute approximate surface area is 246 Å². The summed E-state index contributed by atoms with van der Waals surface area (Å²) in [7, 11) is 1.30. The van der Waals surface area contributed by atoms with Gasteiger partial charge in [-0.25, -0.2) is 9.59 Å². The van der Waals surface area contributed by atoms with Crippen molar-refractivity contribution in [3.05, 3.63) is 0 Å². The zero-order chi connectivity index (χ0) is 30.9. The molecule has 0 rings (SSSR count). The molecule has 0 aliphatic carbocycles. The molecule has 0 radical (unpaired) electrons. The van der Waals surface area contributed by atoms with E-state index < -0.39 is 23.7 Å². The number of ketones is 1. The van der Waals surface area contributed by atoms with Gasteiger partial charge in [0.2, 0.25) is 5.78 Å². The lowest BCUT2D eigenvalue weighted by atomic mass is 10.2. The average molecular weight is 615 g/mol. The van der Waals surface area contributed by atoms with Crippen LogP contribution in [0.1, 0.15) is 12.8 Å². The molecule has 0 aromatic rings. The number of rotatable bonds is 33. The Bertz CT molecular complexity index is 675. The molecule has 16 heteroatoms. The molecule has 0 aliphatic heterocycles. The molecule has 0 fully saturated rings. The number of carboxylic acids is 1. The van der Waals surface area contributed by atoms with Crippen LogP contribution in [0, 0.1) is 0 Å². The van der Waals surface area contributed by atoms with Crippen molar-refractivity contribution in [2.75, 3.05) is 133 Å². The van der Waals surface area contributed by atoms with E-state index in [1.54, 1.807) is 0 Å². The molecule has 0 unspecified atom stereocenters.